The molecule has 1 aliphatic heterocycles. The molecule has 1 saturated heterocycles. The van der Waals surface area contributed by atoms with Crippen molar-refractivity contribution in [2.24, 2.45) is 0 Å². The van der Waals surface area contributed by atoms with Crippen molar-refractivity contribution >= 4 is 0 Å². The van der Waals surface area contributed by atoms with Gasteiger partial charge in [0.05, 0.1) is 12.7 Å². The predicted octanol–water partition coefficient (Wildman–Crippen LogP) is -2.79. The fourth-order valence-electron chi connectivity index (χ4n) is 1.44. The smallest absolute Gasteiger partial charge is 0.114 e. The summed E-state index contributed by atoms with van der Waals surface area (Å²) in [5.41, 5.74) is 0. The molecule has 0 aromatic rings. The van der Waals surface area contributed by atoms with Gasteiger partial charge in [0, 0.05) is 6.61 Å². The Balaban J connectivity index is 2.57. The standard InChI is InChI=1S/C8H16O6/c9-3-5(11)7(13)8-6(12)4(10)1-2-14-8/h4-13H,1-3H2/t4?,5-,6-,7-,8?/m1/s1. The zero-order chi connectivity index (χ0) is 10.7. The lowest BCUT2D eigenvalue weighted by Gasteiger charge is -2.36. The minimum atomic E-state index is -1.40. The van der Waals surface area contributed by atoms with Gasteiger partial charge in [-0.3, -0.25) is 0 Å². The van der Waals surface area contributed by atoms with Crippen molar-refractivity contribution in [2.75, 3.05) is 13.2 Å². The van der Waals surface area contributed by atoms with Gasteiger partial charge in [0.1, 0.15) is 24.4 Å². The molecule has 0 saturated carbocycles. The molecule has 84 valence electrons. The third kappa shape index (κ3) is 2.41. The molecule has 6 heteroatoms. The van der Waals surface area contributed by atoms with Crippen molar-refractivity contribution in [3.05, 3.63) is 0 Å². The molecule has 14 heavy (non-hydrogen) atoms. The molecule has 2 unspecified atom stereocenters. The van der Waals surface area contributed by atoms with E-state index in [-0.39, 0.29) is 6.61 Å². The summed E-state index contributed by atoms with van der Waals surface area (Å²) in [6.45, 7) is -0.415. The second kappa shape index (κ2) is 5.01. The molecule has 1 rings (SSSR count). The first-order valence-corrected chi connectivity index (χ1v) is 4.52. The molecule has 5 atom stereocenters. The zero-order valence-electron chi connectivity index (χ0n) is 7.65. The lowest BCUT2D eigenvalue weighted by molar-refractivity contribution is -0.191. The van der Waals surface area contributed by atoms with Crippen LogP contribution in [0.25, 0.3) is 0 Å². The maximum Gasteiger partial charge on any atom is 0.114 e. The largest absolute Gasteiger partial charge is 0.394 e. The van der Waals surface area contributed by atoms with E-state index in [2.05, 4.69) is 0 Å². The van der Waals surface area contributed by atoms with Crippen molar-refractivity contribution < 1.29 is 30.3 Å². The van der Waals surface area contributed by atoms with Gasteiger partial charge in [-0.05, 0) is 6.42 Å². The van der Waals surface area contributed by atoms with Crippen molar-refractivity contribution in [2.45, 2.75) is 36.9 Å². The third-order valence-corrected chi connectivity index (χ3v) is 2.37. The van der Waals surface area contributed by atoms with E-state index in [0.717, 1.165) is 0 Å². The number of rotatable bonds is 3. The highest BCUT2D eigenvalue weighted by atomic mass is 16.5. The van der Waals surface area contributed by atoms with Gasteiger partial charge in [0.2, 0.25) is 0 Å². The Kier molecular flexibility index (Phi) is 4.24. The summed E-state index contributed by atoms with van der Waals surface area (Å²) >= 11 is 0. The monoisotopic (exact) mass is 208 g/mol. The molecule has 1 heterocycles. The Morgan fingerprint density at radius 3 is 2.50 bits per heavy atom. The minimum absolute atomic E-state index is 0.206. The zero-order valence-corrected chi connectivity index (χ0v) is 7.65. The van der Waals surface area contributed by atoms with Gasteiger partial charge in [-0.25, -0.2) is 0 Å². The molecule has 0 spiro atoms. The molecule has 5 N–H and O–H groups in total. The predicted molar refractivity (Wildman–Crippen MR) is 45.5 cm³/mol. The quantitative estimate of drug-likeness (QED) is 0.343. The fraction of sp³-hybridized carbons (Fsp3) is 1.00. The van der Waals surface area contributed by atoms with Crippen LogP contribution in [0.4, 0.5) is 0 Å². The molecular formula is C8H16O6. The van der Waals surface area contributed by atoms with Crippen LogP contribution in [0, 0.1) is 0 Å². The van der Waals surface area contributed by atoms with Crippen LogP contribution >= 0.6 is 0 Å². The van der Waals surface area contributed by atoms with Crippen molar-refractivity contribution in [1.82, 2.24) is 0 Å². The maximum atomic E-state index is 9.42. The third-order valence-electron chi connectivity index (χ3n) is 2.37. The number of aliphatic hydroxyl groups is 5. The van der Waals surface area contributed by atoms with E-state index < -0.39 is 37.1 Å². The molecular weight excluding hydrogens is 192 g/mol. The Morgan fingerprint density at radius 1 is 1.29 bits per heavy atom. The fourth-order valence-corrected chi connectivity index (χ4v) is 1.44. The molecule has 0 amide bonds. The number of hydrogen-bond acceptors (Lipinski definition) is 6. The van der Waals surface area contributed by atoms with Gasteiger partial charge in [0.15, 0.2) is 0 Å². The summed E-state index contributed by atoms with van der Waals surface area (Å²) in [5, 5.41) is 45.8. The first-order valence-electron chi connectivity index (χ1n) is 4.52. The van der Waals surface area contributed by atoms with E-state index in [9.17, 15) is 15.3 Å². The second-order valence-corrected chi connectivity index (χ2v) is 3.42. The highest BCUT2D eigenvalue weighted by molar-refractivity contribution is 4.88. The highest BCUT2D eigenvalue weighted by Gasteiger charge is 2.38. The number of hydrogen-bond donors (Lipinski definition) is 5. The molecule has 6 nitrogen and oxygen atoms in total. The normalized spacial score (nSPS) is 37.9. The first-order chi connectivity index (χ1) is 6.57. The molecule has 0 radical (unpaired) electrons. The van der Waals surface area contributed by atoms with Gasteiger partial charge in [0.25, 0.3) is 0 Å². The topological polar surface area (TPSA) is 110 Å². The van der Waals surface area contributed by atoms with Crippen LogP contribution < -0.4 is 0 Å². The van der Waals surface area contributed by atoms with Crippen molar-refractivity contribution in [3.8, 4) is 0 Å². The summed E-state index contributed by atoms with van der Waals surface area (Å²) in [6.07, 6.45) is -5.74. The van der Waals surface area contributed by atoms with Gasteiger partial charge in [-0.2, -0.15) is 0 Å². The van der Waals surface area contributed by atoms with Crippen LogP contribution in [0.2, 0.25) is 0 Å². The number of ether oxygens (including phenoxy) is 1. The van der Waals surface area contributed by atoms with Gasteiger partial charge in [-0.1, -0.05) is 0 Å². The summed E-state index contributed by atoms with van der Waals surface area (Å²) < 4.78 is 5.01. The van der Waals surface area contributed by atoms with E-state index in [0.29, 0.717) is 6.42 Å². The van der Waals surface area contributed by atoms with Gasteiger partial charge < -0.3 is 30.3 Å². The van der Waals surface area contributed by atoms with Crippen LogP contribution in [0.5, 0.6) is 0 Å². The Hall–Kier alpha value is -0.240. The summed E-state index contributed by atoms with van der Waals surface area (Å²) in [6, 6.07) is 0. The van der Waals surface area contributed by atoms with E-state index in [1.807, 2.05) is 0 Å². The second-order valence-electron chi connectivity index (χ2n) is 3.42. The van der Waals surface area contributed by atoms with E-state index in [1.165, 1.54) is 0 Å². The van der Waals surface area contributed by atoms with Crippen molar-refractivity contribution in [1.29, 1.82) is 0 Å². The average Bonchev–Trinajstić information content (AvgIpc) is 2.20. The molecule has 1 aliphatic rings. The van der Waals surface area contributed by atoms with Crippen LogP contribution in [-0.2, 0) is 4.74 Å². The lowest BCUT2D eigenvalue weighted by Crippen LogP contribution is -2.54. The van der Waals surface area contributed by atoms with E-state index >= 15 is 0 Å². The highest BCUT2D eigenvalue weighted by Crippen LogP contribution is 2.19. The van der Waals surface area contributed by atoms with Gasteiger partial charge >= 0.3 is 0 Å². The Morgan fingerprint density at radius 2 is 1.93 bits per heavy atom. The molecule has 0 aromatic carbocycles. The number of aliphatic hydroxyl groups excluding tert-OH is 5. The van der Waals surface area contributed by atoms with Crippen LogP contribution in [-0.4, -0.2) is 69.3 Å². The van der Waals surface area contributed by atoms with Crippen LogP contribution in [0.3, 0.4) is 0 Å². The lowest BCUT2D eigenvalue weighted by atomic mass is 9.95. The van der Waals surface area contributed by atoms with E-state index in [4.69, 9.17) is 14.9 Å². The van der Waals surface area contributed by atoms with Crippen molar-refractivity contribution in [3.63, 3.8) is 0 Å². The Bertz CT molecular complexity index is 175. The maximum absolute atomic E-state index is 9.42. The van der Waals surface area contributed by atoms with Gasteiger partial charge in [-0.15, -0.1) is 0 Å². The van der Waals surface area contributed by atoms with E-state index in [1.54, 1.807) is 0 Å². The minimum Gasteiger partial charge on any atom is -0.394 e. The van der Waals surface area contributed by atoms with Crippen LogP contribution in [0.15, 0.2) is 0 Å². The molecule has 0 aliphatic carbocycles. The summed E-state index contributed by atoms with van der Waals surface area (Å²) in [5.74, 6) is 0. The molecule has 0 aromatic heterocycles. The Labute approximate surface area is 81.4 Å². The average molecular weight is 208 g/mol. The molecule has 1 fully saturated rings. The van der Waals surface area contributed by atoms with Crippen LogP contribution in [0.1, 0.15) is 6.42 Å². The summed E-state index contributed by atoms with van der Waals surface area (Å²) in [7, 11) is 0. The first kappa shape index (κ1) is 11.8. The SMILES string of the molecule is OC[C@@H](O)[C@@H](O)C1OCCC(O)[C@H]1O. The summed E-state index contributed by atoms with van der Waals surface area (Å²) in [4.78, 5) is 0. The molecule has 0 bridgehead atoms.